The van der Waals surface area contributed by atoms with Crippen LogP contribution in [0.2, 0.25) is 0 Å². The Bertz CT molecular complexity index is 165. The van der Waals surface area contributed by atoms with E-state index in [9.17, 15) is 5.11 Å². The Kier molecular flexibility index (Phi) is 4.46. The maximum atomic E-state index is 9.75. The molecule has 0 heterocycles. The van der Waals surface area contributed by atoms with Crippen molar-refractivity contribution in [1.82, 2.24) is 0 Å². The van der Waals surface area contributed by atoms with Crippen LogP contribution in [0.4, 0.5) is 0 Å². The van der Waals surface area contributed by atoms with Crippen LogP contribution in [0, 0.1) is 5.92 Å². The molecule has 1 N–H and O–H groups in total. The van der Waals surface area contributed by atoms with Gasteiger partial charge in [-0.15, -0.1) is 0 Å². The van der Waals surface area contributed by atoms with Gasteiger partial charge in [0.05, 0.1) is 12.2 Å². The molecule has 0 aromatic heterocycles. The van der Waals surface area contributed by atoms with Gasteiger partial charge in [-0.3, -0.25) is 0 Å². The molecule has 2 heteroatoms. The summed E-state index contributed by atoms with van der Waals surface area (Å²) in [7, 11) is 0. The number of ether oxygens (including phenoxy) is 1. The molecule has 0 fully saturated rings. The van der Waals surface area contributed by atoms with Crippen LogP contribution in [0.5, 0.6) is 0 Å². The highest BCUT2D eigenvalue weighted by atomic mass is 16.5. The van der Waals surface area contributed by atoms with E-state index < -0.39 is 0 Å². The van der Waals surface area contributed by atoms with Crippen LogP contribution in [0.3, 0.4) is 0 Å². The summed E-state index contributed by atoms with van der Waals surface area (Å²) in [4.78, 5) is 0. The highest BCUT2D eigenvalue weighted by Crippen LogP contribution is 2.23. The predicted molar refractivity (Wildman–Crippen MR) is 53.6 cm³/mol. The van der Waals surface area contributed by atoms with Gasteiger partial charge in [0.1, 0.15) is 0 Å². The number of rotatable bonds is 5. The van der Waals surface area contributed by atoms with Crippen molar-refractivity contribution in [3.63, 3.8) is 0 Å². The predicted octanol–water partition coefficient (Wildman–Crippen LogP) is 2.13. The molecule has 0 saturated carbocycles. The van der Waals surface area contributed by atoms with E-state index in [1.807, 2.05) is 13.8 Å². The van der Waals surface area contributed by atoms with Crippen molar-refractivity contribution in [3.8, 4) is 0 Å². The monoisotopic (exact) mass is 184 g/mol. The van der Waals surface area contributed by atoms with Gasteiger partial charge >= 0.3 is 0 Å². The van der Waals surface area contributed by atoms with Gasteiger partial charge in [0.15, 0.2) is 0 Å². The Balaban J connectivity index is 2.22. The average Bonchev–Trinajstić information content (AvgIpc) is 2.57. The smallest absolute Gasteiger partial charge is 0.0805 e. The quantitative estimate of drug-likeness (QED) is 0.663. The molecular weight excluding hydrogens is 164 g/mol. The Hall–Kier alpha value is -0.340. The largest absolute Gasteiger partial charge is 0.390 e. The molecule has 0 aromatic rings. The lowest BCUT2D eigenvalue weighted by atomic mass is 9.98. The SMILES string of the molecule is CCO[C@H](C)[C@H](O)C[C@H]1C=CCC1. The summed E-state index contributed by atoms with van der Waals surface area (Å²) < 4.78 is 5.34. The molecule has 76 valence electrons. The Labute approximate surface area is 80.6 Å². The fraction of sp³-hybridized carbons (Fsp3) is 0.818. The van der Waals surface area contributed by atoms with E-state index in [-0.39, 0.29) is 12.2 Å². The molecule has 0 amide bonds. The number of hydrogen-bond donors (Lipinski definition) is 1. The summed E-state index contributed by atoms with van der Waals surface area (Å²) in [6.45, 7) is 4.57. The molecule has 3 atom stereocenters. The third-order valence-corrected chi connectivity index (χ3v) is 2.63. The van der Waals surface area contributed by atoms with Crippen LogP contribution in [0.15, 0.2) is 12.2 Å². The third kappa shape index (κ3) is 3.49. The van der Waals surface area contributed by atoms with Crippen molar-refractivity contribution in [2.75, 3.05) is 6.61 Å². The van der Waals surface area contributed by atoms with E-state index in [0.29, 0.717) is 12.5 Å². The molecule has 0 spiro atoms. The first-order valence-corrected chi connectivity index (χ1v) is 5.20. The summed E-state index contributed by atoms with van der Waals surface area (Å²) in [5.74, 6) is 0.568. The first kappa shape index (κ1) is 10.7. The van der Waals surface area contributed by atoms with Crippen LogP contribution < -0.4 is 0 Å². The van der Waals surface area contributed by atoms with E-state index >= 15 is 0 Å². The minimum atomic E-state index is -0.312. The highest BCUT2D eigenvalue weighted by molar-refractivity contribution is 4.97. The molecule has 13 heavy (non-hydrogen) atoms. The fourth-order valence-corrected chi connectivity index (χ4v) is 1.77. The molecule has 0 bridgehead atoms. The van der Waals surface area contributed by atoms with Gasteiger partial charge in [0, 0.05) is 6.61 Å². The molecule has 0 aliphatic heterocycles. The second kappa shape index (κ2) is 5.40. The van der Waals surface area contributed by atoms with Gasteiger partial charge in [-0.2, -0.15) is 0 Å². The maximum Gasteiger partial charge on any atom is 0.0805 e. The zero-order valence-corrected chi connectivity index (χ0v) is 8.57. The van der Waals surface area contributed by atoms with Crippen molar-refractivity contribution in [3.05, 3.63) is 12.2 Å². The molecule has 0 unspecified atom stereocenters. The lowest BCUT2D eigenvalue weighted by molar-refractivity contribution is -0.0290. The number of aliphatic hydroxyl groups excluding tert-OH is 1. The highest BCUT2D eigenvalue weighted by Gasteiger charge is 2.19. The molecule has 1 rings (SSSR count). The molecule has 0 radical (unpaired) electrons. The van der Waals surface area contributed by atoms with Gasteiger partial charge in [-0.25, -0.2) is 0 Å². The van der Waals surface area contributed by atoms with Gasteiger partial charge in [0.2, 0.25) is 0 Å². The van der Waals surface area contributed by atoms with Crippen molar-refractivity contribution >= 4 is 0 Å². The van der Waals surface area contributed by atoms with Gasteiger partial charge in [-0.1, -0.05) is 12.2 Å². The first-order valence-electron chi connectivity index (χ1n) is 5.20. The van der Waals surface area contributed by atoms with Crippen LogP contribution in [-0.2, 0) is 4.74 Å². The van der Waals surface area contributed by atoms with Crippen LogP contribution in [0.1, 0.15) is 33.1 Å². The molecule has 1 aliphatic rings. The molecule has 0 aromatic carbocycles. The maximum absolute atomic E-state index is 9.75. The van der Waals surface area contributed by atoms with Crippen molar-refractivity contribution < 1.29 is 9.84 Å². The standard InChI is InChI=1S/C11H20O2/c1-3-13-9(2)11(12)8-10-6-4-5-7-10/h4,6,9-12H,3,5,7-8H2,1-2H3/t9-,10+,11-/m1/s1. The Morgan fingerprint density at radius 2 is 2.38 bits per heavy atom. The van der Waals surface area contributed by atoms with E-state index in [0.717, 1.165) is 6.42 Å². The van der Waals surface area contributed by atoms with Crippen molar-refractivity contribution in [2.24, 2.45) is 5.92 Å². The molecule has 2 nitrogen and oxygen atoms in total. The van der Waals surface area contributed by atoms with E-state index in [4.69, 9.17) is 4.74 Å². The van der Waals surface area contributed by atoms with E-state index in [2.05, 4.69) is 12.2 Å². The van der Waals surface area contributed by atoms with Crippen molar-refractivity contribution in [2.45, 2.75) is 45.3 Å². The normalized spacial score (nSPS) is 26.2. The number of hydrogen-bond acceptors (Lipinski definition) is 2. The Morgan fingerprint density at radius 1 is 1.62 bits per heavy atom. The van der Waals surface area contributed by atoms with Gasteiger partial charge in [-0.05, 0) is 39.0 Å². The summed E-state index contributed by atoms with van der Waals surface area (Å²) in [5, 5.41) is 9.75. The third-order valence-electron chi connectivity index (χ3n) is 2.63. The second-order valence-corrected chi connectivity index (χ2v) is 3.73. The zero-order valence-electron chi connectivity index (χ0n) is 8.57. The summed E-state index contributed by atoms with van der Waals surface area (Å²) in [5.41, 5.74) is 0. The summed E-state index contributed by atoms with van der Waals surface area (Å²) in [6.07, 6.45) is 7.27. The second-order valence-electron chi connectivity index (χ2n) is 3.73. The van der Waals surface area contributed by atoms with Gasteiger partial charge < -0.3 is 9.84 Å². The lowest BCUT2D eigenvalue weighted by Gasteiger charge is -2.20. The summed E-state index contributed by atoms with van der Waals surface area (Å²) in [6, 6.07) is 0. The Morgan fingerprint density at radius 3 is 2.92 bits per heavy atom. The minimum absolute atomic E-state index is 0.0287. The minimum Gasteiger partial charge on any atom is -0.390 e. The van der Waals surface area contributed by atoms with Crippen LogP contribution >= 0.6 is 0 Å². The van der Waals surface area contributed by atoms with Gasteiger partial charge in [0.25, 0.3) is 0 Å². The summed E-state index contributed by atoms with van der Waals surface area (Å²) >= 11 is 0. The van der Waals surface area contributed by atoms with E-state index in [1.165, 1.54) is 12.8 Å². The molecule has 1 aliphatic carbocycles. The number of aliphatic hydroxyl groups is 1. The van der Waals surface area contributed by atoms with E-state index in [1.54, 1.807) is 0 Å². The molecular formula is C11H20O2. The number of allylic oxidation sites excluding steroid dienone is 2. The molecule has 0 saturated heterocycles. The zero-order chi connectivity index (χ0) is 9.68. The topological polar surface area (TPSA) is 29.5 Å². The lowest BCUT2D eigenvalue weighted by Crippen LogP contribution is -2.27. The average molecular weight is 184 g/mol. The fourth-order valence-electron chi connectivity index (χ4n) is 1.77. The van der Waals surface area contributed by atoms with Crippen molar-refractivity contribution in [1.29, 1.82) is 0 Å². The van der Waals surface area contributed by atoms with Crippen LogP contribution in [-0.4, -0.2) is 23.9 Å². The van der Waals surface area contributed by atoms with Crippen LogP contribution in [0.25, 0.3) is 0 Å². The first-order chi connectivity index (χ1) is 6.24.